The Morgan fingerprint density at radius 1 is 1.41 bits per heavy atom. The summed E-state index contributed by atoms with van der Waals surface area (Å²) in [6.45, 7) is 0.514. The first-order valence-electron chi connectivity index (χ1n) is 4.52. The molecule has 0 amide bonds. The molecule has 1 aliphatic heterocycles. The molecule has 0 spiro atoms. The third-order valence-electron chi connectivity index (χ3n) is 2.58. The standard InChI is InChI=1S/C9H10NO5P.ClH/c11-8(12)9(16(13,14)15)4-6-2-1-3-10-7(6)5-9;/h1-2,4-5,10H,3H2,(H,11,12)(H2,13,14,15);1H. The van der Waals surface area contributed by atoms with E-state index in [0.717, 1.165) is 12.2 Å². The van der Waals surface area contributed by atoms with Crippen molar-refractivity contribution in [1.82, 2.24) is 5.32 Å². The quantitative estimate of drug-likeness (QED) is 0.545. The molecule has 2 aliphatic rings. The van der Waals surface area contributed by atoms with Gasteiger partial charge in [-0.05, 0) is 17.7 Å². The van der Waals surface area contributed by atoms with Crippen molar-refractivity contribution >= 4 is 26.0 Å². The van der Waals surface area contributed by atoms with Crippen LogP contribution in [-0.4, -0.2) is 32.6 Å². The SMILES string of the molecule is Cl.O=C(O)C1(P(=O)(O)O)C=C2C=CCNC2=C1. The first-order chi connectivity index (χ1) is 7.37. The molecule has 0 aromatic heterocycles. The molecule has 4 N–H and O–H groups in total. The topological polar surface area (TPSA) is 107 Å². The van der Waals surface area contributed by atoms with Gasteiger partial charge in [-0.2, -0.15) is 0 Å². The Morgan fingerprint density at radius 3 is 2.53 bits per heavy atom. The minimum atomic E-state index is -4.80. The van der Waals surface area contributed by atoms with Gasteiger partial charge >= 0.3 is 13.6 Å². The van der Waals surface area contributed by atoms with Crippen LogP contribution in [-0.2, 0) is 9.36 Å². The summed E-state index contributed by atoms with van der Waals surface area (Å²) in [4.78, 5) is 29.4. The van der Waals surface area contributed by atoms with Crippen LogP contribution in [0.25, 0.3) is 0 Å². The minimum absolute atomic E-state index is 0. The van der Waals surface area contributed by atoms with Crippen molar-refractivity contribution in [3.8, 4) is 0 Å². The molecule has 1 atom stereocenters. The second-order valence-electron chi connectivity index (χ2n) is 3.62. The average molecular weight is 280 g/mol. The van der Waals surface area contributed by atoms with E-state index in [1.165, 1.54) is 0 Å². The van der Waals surface area contributed by atoms with Gasteiger partial charge in [0.2, 0.25) is 5.16 Å². The zero-order valence-corrected chi connectivity index (χ0v) is 10.2. The van der Waals surface area contributed by atoms with Crippen LogP contribution in [0.2, 0.25) is 0 Å². The lowest BCUT2D eigenvalue weighted by Gasteiger charge is -2.20. The molecular formula is C9H11ClNO5P. The van der Waals surface area contributed by atoms with Crippen LogP contribution in [0.3, 0.4) is 0 Å². The zero-order chi connectivity index (χ0) is 12.0. The highest BCUT2D eigenvalue weighted by molar-refractivity contribution is 7.55. The minimum Gasteiger partial charge on any atom is -0.480 e. The van der Waals surface area contributed by atoms with E-state index in [9.17, 15) is 19.1 Å². The summed E-state index contributed by atoms with van der Waals surface area (Å²) >= 11 is 0. The smallest absolute Gasteiger partial charge is 0.350 e. The number of fused-ring (bicyclic) bond motifs is 1. The summed E-state index contributed by atoms with van der Waals surface area (Å²) in [5, 5.41) is 9.64. The first-order valence-corrected chi connectivity index (χ1v) is 6.13. The lowest BCUT2D eigenvalue weighted by Crippen LogP contribution is -2.33. The van der Waals surface area contributed by atoms with Crippen LogP contribution < -0.4 is 5.32 Å². The number of hydrogen-bond acceptors (Lipinski definition) is 3. The lowest BCUT2D eigenvalue weighted by molar-refractivity contribution is -0.137. The molecule has 1 unspecified atom stereocenters. The molecule has 17 heavy (non-hydrogen) atoms. The van der Waals surface area contributed by atoms with Gasteiger partial charge < -0.3 is 20.2 Å². The Balaban J connectivity index is 0.00000144. The van der Waals surface area contributed by atoms with Crippen molar-refractivity contribution in [2.45, 2.75) is 5.16 Å². The molecule has 0 aromatic carbocycles. The Labute approximate surface area is 103 Å². The second kappa shape index (κ2) is 4.31. The van der Waals surface area contributed by atoms with E-state index < -0.39 is 18.7 Å². The molecule has 6 nitrogen and oxygen atoms in total. The molecule has 1 heterocycles. The predicted octanol–water partition coefficient (Wildman–Crippen LogP) is 0.393. The molecule has 0 saturated carbocycles. The number of aliphatic carboxylic acids is 1. The average Bonchev–Trinajstić information content (AvgIpc) is 2.56. The molecule has 94 valence electrons. The Hall–Kier alpha value is -1.07. The fourth-order valence-corrected chi connectivity index (χ4v) is 2.58. The Kier molecular flexibility index (Phi) is 3.55. The van der Waals surface area contributed by atoms with Crippen molar-refractivity contribution in [3.63, 3.8) is 0 Å². The van der Waals surface area contributed by atoms with E-state index in [1.807, 2.05) is 0 Å². The van der Waals surface area contributed by atoms with Crippen LogP contribution in [0.15, 0.2) is 35.6 Å². The van der Waals surface area contributed by atoms with Crippen LogP contribution >= 0.6 is 20.0 Å². The lowest BCUT2D eigenvalue weighted by atomic mass is 10.1. The van der Waals surface area contributed by atoms with Crippen LogP contribution in [0.5, 0.6) is 0 Å². The number of carboxylic acids is 1. The monoisotopic (exact) mass is 279 g/mol. The van der Waals surface area contributed by atoms with E-state index in [4.69, 9.17) is 5.11 Å². The second-order valence-corrected chi connectivity index (χ2v) is 5.44. The van der Waals surface area contributed by atoms with Gasteiger partial charge in [-0.3, -0.25) is 9.36 Å². The van der Waals surface area contributed by atoms with Gasteiger partial charge in [0.05, 0.1) is 0 Å². The van der Waals surface area contributed by atoms with Crippen molar-refractivity contribution in [1.29, 1.82) is 0 Å². The first kappa shape index (κ1) is 14.0. The molecule has 1 aliphatic carbocycles. The highest BCUT2D eigenvalue weighted by atomic mass is 35.5. The fourth-order valence-electron chi connectivity index (χ4n) is 1.72. The van der Waals surface area contributed by atoms with Gasteiger partial charge in [0.1, 0.15) is 0 Å². The Morgan fingerprint density at radius 2 is 2.06 bits per heavy atom. The van der Waals surface area contributed by atoms with E-state index in [-0.39, 0.29) is 12.4 Å². The molecule has 8 heteroatoms. The number of carbonyl (C=O) groups is 1. The predicted molar refractivity (Wildman–Crippen MR) is 63.0 cm³/mol. The largest absolute Gasteiger partial charge is 0.480 e. The normalized spacial score (nSPS) is 26.2. The van der Waals surface area contributed by atoms with Gasteiger partial charge in [0.15, 0.2) is 0 Å². The number of halogens is 1. The van der Waals surface area contributed by atoms with Gasteiger partial charge in [-0.1, -0.05) is 12.2 Å². The molecule has 0 fully saturated rings. The molecule has 0 bridgehead atoms. The third kappa shape index (κ3) is 2.05. The number of carboxylic acid groups (broad SMARTS) is 1. The molecular weight excluding hydrogens is 269 g/mol. The van der Waals surface area contributed by atoms with E-state index >= 15 is 0 Å². The van der Waals surface area contributed by atoms with E-state index in [0.29, 0.717) is 17.8 Å². The van der Waals surface area contributed by atoms with E-state index in [1.54, 1.807) is 12.2 Å². The van der Waals surface area contributed by atoms with Crippen molar-refractivity contribution in [2.24, 2.45) is 0 Å². The summed E-state index contributed by atoms with van der Waals surface area (Å²) in [6, 6.07) is 0. The van der Waals surface area contributed by atoms with Gasteiger partial charge in [0, 0.05) is 12.2 Å². The maximum Gasteiger partial charge on any atom is 0.350 e. The number of rotatable bonds is 2. The van der Waals surface area contributed by atoms with Gasteiger partial charge in [0.25, 0.3) is 0 Å². The van der Waals surface area contributed by atoms with Gasteiger partial charge in [-0.25, -0.2) is 0 Å². The maximum absolute atomic E-state index is 11.3. The number of hydrogen-bond donors (Lipinski definition) is 4. The maximum atomic E-state index is 11.3. The Bertz CT molecular complexity index is 492. The van der Waals surface area contributed by atoms with Crippen molar-refractivity contribution < 1.29 is 24.3 Å². The number of allylic oxidation sites excluding steroid dienone is 1. The highest BCUT2D eigenvalue weighted by Gasteiger charge is 2.53. The van der Waals surface area contributed by atoms with E-state index in [2.05, 4.69) is 5.32 Å². The summed E-state index contributed by atoms with van der Waals surface area (Å²) in [5.74, 6) is -1.55. The summed E-state index contributed by atoms with van der Waals surface area (Å²) in [5.41, 5.74) is 0.949. The molecule has 2 rings (SSSR count). The van der Waals surface area contributed by atoms with Crippen LogP contribution in [0.1, 0.15) is 0 Å². The van der Waals surface area contributed by atoms with Crippen molar-refractivity contribution in [3.05, 3.63) is 35.6 Å². The molecule has 0 radical (unpaired) electrons. The van der Waals surface area contributed by atoms with Crippen LogP contribution in [0, 0.1) is 0 Å². The van der Waals surface area contributed by atoms with Crippen LogP contribution in [0.4, 0.5) is 0 Å². The van der Waals surface area contributed by atoms with Crippen molar-refractivity contribution in [2.75, 3.05) is 6.54 Å². The molecule has 0 saturated heterocycles. The number of nitrogens with one attached hydrogen (secondary N) is 1. The third-order valence-corrected chi connectivity index (χ3v) is 4.00. The fraction of sp³-hybridized carbons (Fsp3) is 0.222. The summed E-state index contributed by atoms with van der Waals surface area (Å²) in [7, 11) is -4.80. The summed E-state index contributed by atoms with van der Waals surface area (Å²) in [6.07, 6.45) is 5.56. The summed E-state index contributed by atoms with van der Waals surface area (Å²) < 4.78 is 11.3. The van der Waals surface area contributed by atoms with Gasteiger partial charge in [-0.15, -0.1) is 12.4 Å². The zero-order valence-electron chi connectivity index (χ0n) is 8.53. The highest BCUT2D eigenvalue weighted by Crippen LogP contribution is 2.56. The molecule has 0 aromatic rings.